The summed E-state index contributed by atoms with van der Waals surface area (Å²) in [6.45, 7) is 17.4. The predicted molar refractivity (Wildman–Crippen MR) is 88.4 cm³/mol. The lowest BCUT2D eigenvalue weighted by atomic mass is 9.86. The number of benzene rings is 1. The lowest BCUT2D eigenvalue weighted by Crippen LogP contribution is -2.44. The van der Waals surface area contributed by atoms with Gasteiger partial charge in [0.2, 0.25) is 0 Å². The van der Waals surface area contributed by atoms with Crippen LogP contribution in [0.5, 0.6) is 5.75 Å². The van der Waals surface area contributed by atoms with Gasteiger partial charge in [-0.1, -0.05) is 47.6 Å². The molecular weight excluding hydrogens is 264 g/mol. The summed E-state index contributed by atoms with van der Waals surface area (Å²) in [5.41, 5.74) is 1.84. The van der Waals surface area contributed by atoms with Gasteiger partial charge < -0.3 is 4.43 Å². The van der Waals surface area contributed by atoms with Crippen molar-refractivity contribution in [1.29, 1.82) is 0 Å². The zero-order valence-electron chi connectivity index (χ0n) is 14.1. The topological polar surface area (TPSA) is 26.3 Å². The first-order valence-electron chi connectivity index (χ1n) is 7.17. The maximum absolute atomic E-state index is 11.4. The fourth-order valence-corrected chi connectivity index (χ4v) is 2.67. The van der Waals surface area contributed by atoms with E-state index < -0.39 is 8.32 Å². The molecule has 0 amide bonds. The molecule has 0 aromatic heterocycles. The molecule has 0 aliphatic carbocycles. The Kier molecular flexibility index (Phi) is 4.54. The molecule has 0 atom stereocenters. The average molecular weight is 292 g/mol. The minimum absolute atomic E-state index is 0.0350. The van der Waals surface area contributed by atoms with Crippen LogP contribution in [0.3, 0.4) is 0 Å². The van der Waals surface area contributed by atoms with Crippen molar-refractivity contribution in [3.05, 3.63) is 29.3 Å². The predicted octanol–water partition coefficient (Wildman–Crippen LogP) is 5.18. The van der Waals surface area contributed by atoms with Gasteiger partial charge in [0.1, 0.15) is 5.75 Å². The third-order valence-electron chi connectivity index (χ3n) is 4.17. The van der Waals surface area contributed by atoms with Crippen molar-refractivity contribution in [2.75, 3.05) is 0 Å². The largest absolute Gasteiger partial charge is 0.543 e. The second-order valence-electron chi connectivity index (χ2n) is 7.98. The van der Waals surface area contributed by atoms with Crippen molar-refractivity contribution in [1.82, 2.24) is 0 Å². The number of carbonyl (C=O) groups excluding carboxylic acids is 1. The minimum atomic E-state index is -1.92. The summed E-state index contributed by atoms with van der Waals surface area (Å²) in [4.78, 5) is 11.4. The standard InChI is InChI=1S/C17H28O2Si/c1-16(2,3)14-9-10-15(13(11-14)12-18)19-20(7,8)17(4,5)6/h9-12H,1-8H3. The van der Waals surface area contributed by atoms with Crippen molar-refractivity contribution in [2.24, 2.45) is 0 Å². The maximum atomic E-state index is 11.4. The van der Waals surface area contributed by atoms with Gasteiger partial charge in [0.15, 0.2) is 6.29 Å². The molecule has 0 saturated carbocycles. The summed E-state index contributed by atoms with van der Waals surface area (Å²) >= 11 is 0. The zero-order chi connectivity index (χ0) is 15.8. The minimum Gasteiger partial charge on any atom is -0.543 e. The van der Waals surface area contributed by atoms with Crippen LogP contribution in [0.25, 0.3) is 0 Å². The van der Waals surface area contributed by atoms with Crippen LogP contribution >= 0.6 is 0 Å². The molecule has 0 N–H and O–H groups in total. The Morgan fingerprint density at radius 1 is 1.05 bits per heavy atom. The van der Waals surface area contributed by atoms with E-state index in [0.29, 0.717) is 5.56 Å². The summed E-state index contributed by atoms with van der Waals surface area (Å²) < 4.78 is 6.26. The molecule has 0 radical (unpaired) electrons. The van der Waals surface area contributed by atoms with Crippen LogP contribution in [0.2, 0.25) is 18.1 Å². The van der Waals surface area contributed by atoms with E-state index in [9.17, 15) is 4.79 Å². The molecule has 112 valence electrons. The third kappa shape index (κ3) is 3.72. The molecule has 1 rings (SSSR count). The van der Waals surface area contributed by atoms with Crippen LogP contribution in [0, 0.1) is 0 Å². The van der Waals surface area contributed by atoms with Crippen molar-refractivity contribution in [3.63, 3.8) is 0 Å². The van der Waals surface area contributed by atoms with Gasteiger partial charge in [0, 0.05) is 0 Å². The maximum Gasteiger partial charge on any atom is 0.250 e. The number of hydrogen-bond donors (Lipinski definition) is 0. The smallest absolute Gasteiger partial charge is 0.250 e. The lowest BCUT2D eigenvalue weighted by molar-refractivity contribution is 0.112. The van der Waals surface area contributed by atoms with Gasteiger partial charge in [-0.05, 0) is 41.2 Å². The molecule has 0 unspecified atom stereocenters. The van der Waals surface area contributed by atoms with E-state index in [-0.39, 0.29) is 10.5 Å². The highest BCUT2D eigenvalue weighted by Gasteiger charge is 2.39. The van der Waals surface area contributed by atoms with Crippen LogP contribution in [0.4, 0.5) is 0 Å². The molecule has 20 heavy (non-hydrogen) atoms. The number of aldehydes is 1. The number of carbonyl (C=O) groups is 1. The first-order valence-corrected chi connectivity index (χ1v) is 10.1. The molecule has 1 aromatic rings. The van der Waals surface area contributed by atoms with Crippen molar-refractivity contribution >= 4 is 14.6 Å². The first-order chi connectivity index (χ1) is 8.88. The Bertz CT molecular complexity index is 491. The molecule has 1 aromatic carbocycles. The third-order valence-corrected chi connectivity index (χ3v) is 8.52. The van der Waals surface area contributed by atoms with E-state index in [1.165, 1.54) is 0 Å². The summed E-state index contributed by atoms with van der Waals surface area (Å²) in [7, 11) is -1.92. The molecule has 0 bridgehead atoms. The van der Waals surface area contributed by atoms with Crippen LogP contribution in [0.15, 0.2) is 18.2 Å². The van der Waals surface area contributed by atoms with E-state index in [2.05, 4.69) is 60.7 Å². The van der Waals surface area contributed by atoms with Crippen molar-refractivity contribution in [2.45, 2.75) is 65.1 Å². The Hall–Kier alpha value is -1.09. The molecule has 0 saturated heterocycles. The zero-order valence-corrected chi connectivity index (χ0v) is 15.1. The van der Waals surface area contributed by atoms with Crippen LogP contribution in [-0.2, 0) is 5.41 Å². The normalized spacial score (nSPS) is 13.2. The lowest BCUT2D eigenvalue weighted by Gasteiger charge is -2.37. The summed E-state index contributed by atoms with van der Waals surface area (Å²) in [5.74, 6) is 0.722. The molecule has 0 aliphatic heterocycles. The molecule has 0 heterocycles. The summed E-state index contributed by atoms with van der Waals surface area (Å²) in [6, 6.07) is 5.97. The van der Waals surface area contributed by atoms with Gasteiger partial charge in [-0.25, -0.2) is 0 Å². The highest BCUT2D eigenvalue weighted by molar-refractivity contribution is 6.74. The SMILES string of the molecule is CC(C)(C)c1ccc(O[Si](C)(C)C(C)(C)C)c(C=O)c1. The fraction of sp³-hybridized carbons (Fsp3) is 0.588. The molecule has 2 nitrogen and oxygen atoms in total. The molecule has 0 fully saturated rings. The Morgan fingerprint density at radius 2 is 1.60 bits per heavy atom. The van der Waals surface area contributed by atoms with Crippen LogP contribution < -0.4 is 4.43 Å². The second kappa shape index (κ2) is 5.36. The number of rotatable bonds is 3. The van der Waals surface area contributed by atoms with Gasteiger partial charge in [0.25, 0.3) is 8.32 Å². The molecule has 0 aliphatic rings. The quantitative estimate of drug-likeness (QED) is 0.566. The van der Waals surface area contributed by atoms with E-state index in [1.807, 2.05) is 12.1 Å². The van der Waals surface area contributed by atoms with E-state index in [4.69, 9.17) is 4.43 Å². The highest BCUT2D eigenvalue weighted by Crippen LogP contribution is 2.38. The van der Waals surface area contributed by atoms with Crippen LogP contribution in [-0.4, -0.2) is 14.6 Å². The monoisotopic (exact) mass is 292 g/mol. The molecule has 3 heteroatoms. The van der Waals surface area contributed by atoms with Crippen molar-refractivity contribution < 1.29 is 9.22 Å². The van der Waals surface area contributed by atoms with Crippen molar-refractivity contribution in [3.8, 4) is 5.75 Å². The van der Waals surface area contributed by atoms with E-state index >= 15 is 0 Å². The first kappa shape index (κ1) is 17.0. The molecule has 0 spiro atoms. The fourth-order valence-electron chi connectivity index (χ4n) is 1.63. The second-order valence-corrected chi connectivity index (χ2v) is 12.7. The van der Waals surface area contributed by atoms with E-state index in [1.54, 1.807) is 0 Å². The van der Waals surface area contributed by atoms with Gasteiger partial charge in [0.05, 0.1) is 5.56 Å². The molecular formula is C17H28O2Si. The summed E-state index contributed by atoms with van der Waals surface area (Å²) in [6.07, 6.45) is 0.901. The van der Waals surface area contributed by atoms with Gasteiger partial charge in [-0.2, -0.15) is 0 Å². The van der Waals surface area contributed by atoms with Gasteiger partial charge in [-0.15, -0.1) is 0 Å². The Balaban J connectivity index is 3.19. The average Bonchev–Trinajstić information content (AvgIpc) is 2.26. The van der Waals surface area contributed by atoms with Crippen LogP contribution in [0.1, 0.15) is 57.5 Å². The van der Waals surface area contributed by atoms with Gasteiger partial charge >= 0.3 is 0 Å². The Morgan fingerprint density at radius 3 is 2.00 bits per heavy atom. The summed E-state index contributed by atoms with van der Waals surface area (Å²) in [5, 5.41) is 0.121. The highest BCUT2D eigenvalue weighted by atomic mass is 28.4. The van der Waals surface area contributed by atoms with E-state index in [0.717, 1.165) is 17.6 Å². The van der Waals surface area contributed by atoms with Gasteiger partial charge in [-0.3, -0.25) is 4.79 Å². The Labute approximate surface area is 124 Å². The number of hydrogen-bond acceptors (Lipinski definition) is 2.